The number of benzene rings is 2. The Labute approximate surface area is 242 Å². The fraction of sp³-hybridized carbons (Fsp3) is 0.379. The first-order valence-electron chi connectivity index (χ1n) is 13.3. The zero-order valence-corrected chi connectivity index (χ0v) is 25.4. The second-order valence-electron chi connectivity index (χ2n) is 11.4. The number of anilines is 1. The molecule has 2 N–H and O–H groups in total. The second-order valence-corrected chi connectivity index (χ2v) is 15.4. The highest BCUT2D eigenvalue weighted by Gasteiger charge is 2.41. The molecule has 0 saturated carbocycles. The van der Waals surface area contributed by atoms with Gasteiger partial charge in [0.05, 0.1) is 28.3 Å². The van der Waals surface area contributed by atoms with E-state index in [0.717, 1.165) is 32.2 Å². The number of nitrogens with zero attached hydrogens (tertiary/aromatic N) is 2. The molecule has 1 fully saturated rings. The minimum absolute atomic E-state index is 0.133. The quantitative estimate of drug-likeness (QED) is 0.318. The van der Waals surface area contributed by atoms with Gasteiger partial charge in [-0.1, -0.05) is 12.1 Å². The van der Waals surface area contributed by atoms with Crippen LogP contribution in [0.5, 0.6) is 0 Å². The molecule has 0 unspecified atom stereocenters. The first-order valence-corrected chi connectivity index (χ1v) is 16.3. The van der Waals surface area contributed by atoms with Crippen LogP contribution in [0.1, 0.15) is 48.5 Å². The lowest BCUT2D eigenvalue weighted by molar-refractivity contribution is 0.0730. The molecule has 6 rings (SSSR count). The number of thiophene rings is 1. The Hall–Kier alpha value is -2.67. The van der Waals surface area contributed by atoms with Gasteiger partial charge in [-0.25, -0.2) is 13.4 Å². The second kappa shape index (κ2) is 10.0. The summed E-state index contributed by atoms with van der Waals surface area (Å²) in [4.78, 5) is 19.8. The molecule has 40 heavy (non-hydrogen) atoms. The summed E-state index contributed by atoms with van der Waals surface area (Å²) in [5, 5.41) is 8.55. The van der Waals surface area contributed by atoms with E-state index in [1.165, 1.54) is 26.9 Å². The average molecular weight is 597 g/mol. The normalized spacial score (nSPS) is 18.9. The van der Waals surface area contributed by atoms with Crippen LogP contribution < -0.4 is 10.6 Å². The molecule has 2 aliphatic heterocycles. The lowest BCUT2D eigenvalue weighted by Crippen LogP contribution is -2.54. The van der Waals surface area contributed by atoms with Gasteiger partial charge in [-0.05, 0) is 76.1 Å². The number of rotatable bonds is 5. The molecule has 0 aliphatic carbocycles. The van der Waals surface area contributed by atoms with Gasteiger partial charge in [-0.3, -0.25) is 4.79 Å². The molecule has 4 aromatic rings. The van der Waals surface area contributed by atoms with Gasteiger partial charge in [-0.15, -0.1) is 22.7 Å². The predicted molar refractivity (Wildman–Crippen MR) is 161 cm³/mol. The third kappa shape index (κ3) is 4.99. The summed E-state index contributed by atoms with van der Waals surface area (Å²) in [5.41, 5.74) is 3.09. The van der Waals surface area contributed by atoms with Gasteiger partial charge in [0.25, 0.3) is 5.91 Å². The van der Waals surface area contributed by atoms with Crippen molar-refractivity contribution in [1.82, 2.24) is 14.6 Å². The maximum absolute atomic E-state index is 13.5. The largest absolute Gasteiger partial charge is 0.379 e. The van der Waals surface area contributed by atoms with E-state index < -0.39 is 10.0 Å². The van der Waals surface area contributed by atoms with Gasteiger partial charge >= 0.3 is 0 Å². The molecule has 0 atom stereocenters. The number of morpholine rings is 1. The summed E-state index contributed by atoms with van der Waals surface area (Å²) in [7, 11) is -3.64. The van der Waals surface area contributed by atoms with Crippen molar-refractivity contribution in [2.24, 2.45) is 0 Å². The third-order valence-electron chi connectivity index (χ3n) is 7.30. The molecule has 1 saturated heterocycles. The SMILES string of the molecule is CC1(C)Cc2c(sc(NC(=O)c3ccc(S(=O)(=O)N4CCOCC4)cc3)c2-c2nc3ccccc3s2)C(C)(C)N1. The molecule has 0 bridgehead atoms. The standard InChI is InChI=1S/C29H32N4O4S3/c1-28(2)17-20-23(26-30-21-7-5-6-8-22(21)38-26)27(39-24(20)29(3,4)32-28)31-25(34)18-9-11-19(12-10-18)40(35,36)33-13-15-37-16-14-33/h5-12,32H,13-17H2,1-4H3,(H,31,34). The van der Waals surface area contributed by atoms with Crippen LogP contribution in [-0.4, -0.2) is 55.5 Å². The fourth-order valence-corrected chi connectivity index (χ4v) is 9.50. The first kappa shape index (κ1) is 27.5. The van der Waals surface area contributed by atoms with Gasteiger partial charge in [0, 0.05) is 40.2 Å². The Bertz CT molecular complexity index is 1670. The van der Waals surface area contributed by atoms with E-state index in [4.69, 9.17) is 9.72 Å². The summed E-state index contributed by atoms with van der Waals surface area (Å²) >= 11 is 3.21. The lowest BCUT2D eigenvalue weighted by atomic mass is 9.81. The van der Waals surface area contributed by atoms with E-state index >= 15 is 0 Å². The highest BCUT2D eigenvalue weighted by atomic mass is 32.2. The van der Waals surface area contributed by atoms with Crippen molar-refractivity contribution < 1.29 is 17.9 Å². The smallest absolute Gasteiger partial charge is 0.256 e. The summed E-state index contributed by atoms with van der Waals surface area (Å²) in [6, 6.07) is 14.2. The number of thiazole rings is 1. The molecule has 8 nitrogen and oxygen atoms in total. The van der Waals surface area contributed by atoms with E-state index in [1.807, 2.05) is 18.2 Å². The summed E-state index contributed by atoms with van der Waals surface area (Å²) in [5.74, 6) is -0.290. The number of hydrogen-bond acceptors (Lipinski definition) is 8. The lowest BCUT2D eigenvalue weighted by Gasteiger charge is -2.42. The molecule has 210 valence electrons. The van der Waals surface area contributed by atoms with Crippen LogP contribution in [0.25, 0.3) is 20.8 Å². The fourth-order valence-electron chi connectivity index (χ4n) is 5.71. The number of sulfonamides is 1. The monoisotopic (exact) mass is 596 g/mol. The van der Waals surface area contributed by atoms with E-state index in [1.54, 1.807) is 34.8 Å². The van der Waals surface area contributed by atoms with Crippen LogP contribution in [0.15, 0.2) is 53.4 Å². The number of carbonyl (C=O) groups excluding carboxylic acids is 1. The topological polar surface area (TPSA) is 101 Å². The van der Waals surface area contributed by atoms with Crippen molar-refractivity contribution in [1.29, 1.82) is 0 Å². The molecule has 11 heteroatoms. The van der Waals surface area contributed by atoms with Crippen molar-refractivity contribution in [2.45, 2.75) is 50.1 Å². The van der Waals surface area contributed by atoms with Crippen molar-refractivity contribution in [2.75, 3.05) is 31.6 Å². The van der Waals surface area contributed by atoms with Gasteiger partial charge in [0.1, 0.15) is 10.0 Å². The Kier molecular flexibility index (Phi) is 6.88. The summed E-state index contributed by atoms with van der Waals surface area (Å²) in [6.45, 7) is 10.1. The number of amides is 1. The van der Waals surface area contributed by atoms with Crippen LogP contribution in [0, 0.1) is 0 Å². The molecule has 0 radical (unpaired) electrons. The van der Waals surface area contributed by atoms with Crippen molar-refractivity contribution in [3.05, 3.63) is 64.5 Å². The molecular weight excluding hydrogens is 565 g/mol. The molecule has 2 aromatic carbocycles. The summed E-state index contributed by atoms with van der Waals surface area (Å²) < 4.78 is 33.8. The van der Waals surface area contributed by atoms with Gasteiger partial charge < -0.3 is 15.4 Å². The Morgan fingerprint density at radius 2 is 1.73 bits per heavy atom. The first-order chi connectivity index (χ1) is 18.9. The number of ether oxygens (including phenoxy) is 1. The predicted octanol–water partition coefficient (Wildman–Crippen LogP) is 5.46. The number of nitrogens with one attached hydrogen (secondary N) is 2. The number of fused-ring (bicyclic) bond motifs is 2. The van der Waals surface area contributed by atoms with Gasteiger partial charge in [0.2, 0.25) is 10.0 Å². The third-order valence-corrected chi connectivity index (χ3v) is 11.7. The van der Waals surface area contributed by atoms with Crippen molar-refractivity contribution in [3.63, 3.8) is 0 Å². The molecule has 2 aliphatic rings. The number of aromatic nitrogens is 1. The van der Waals surface area contributed by atoms with E-state index in [-0.39, 0.29) is 21.9 Å². The maximum Gasteiger partial charge on any atom is 0.256 e. The zero-order chi connectivity index (χ0) is 28.3. The molecule has 0 spiro atoms. The minimum atomic E-state index is -3.64. The Balaban J connectivity index is 1.36. The van der Waals surface area contributed by atoms with Crippen LogP contribution in [0.4, 0.5) is 5.00 Å². The Morgan fingerprint density at radius 1 is 1.02 bits per heavy atom. The highest BCUT2D eigenvalue weighted by molar-refractivity contribution is 7.89. The van der Waals surface area contributed by atoms with Gasteiger partial charge in [-0.2, -0.15) is 4.31 Å². The summed E-state index contributed by atoms with van der Waals surface area (Å²) in [6.07, 6.45) is 0.803. The number of hydrogen-bond donors (Lipinski definition) is 2. The molecular formula is C29H32N4O4S3. The highest BCUT2D eigenvalue weighted by Crippen LogP contribution is 2.50. The molecule has 1 amide bonds. The number of carbonyl (C=O) groups is 1. The average Bonchev–Trinajstić information content (AvgIpc) is 3.49. The zero-order valence-electron chi connectivity index (χ0n) is 22.9. The van der Waals surface area contributed by atoms with E-state index in [0.29, 0.717) is 31.9 Å². The van der Waals surface area contributed by atoms with Crippen LogP contribution in [0.3, 0.4) is 0 Å². The Morgan fingerprint density at radius 3 is 2.42 bits per heavy atom. The van der Waals surface area contributed by atoms with E-state index in [9.17, 15) is 13.2 Å². The number of para-hydroxylation sites is 1. The molecule has 2 aromatic heterocycles. The maximum atomic E-state index is 13.5. The van der Waals surface area contributed by atoms with E-state index in [2.05, 4.69) is 44.4 Å². The van der Waals surface area contributed by atoms with Crippen LogP contribution in [-0.2, 0) is 26.7 Å². The molecule has 4 heterocycles. The minimum Gasteiger partial charge on any atom is -0.379 e. The van der Waals surface area contributed by atoms with Crippen molar-refractivity contribution >= 4 is 53.8 Å². The van der Waals surface area contributed by atoms with Crippen LogP contribution >= 0.6 is 22.7 Å². The van der Waals surface area contributed by atoms with Crippen LogP contribution in [0.2, 0.25) is 0 Å². The van der Waals surface area contributed by atoms with Gasteiger partial charge in [0.15, 0.2) is 0 Å². The van der Waals surface area contributed by atoms with Crippen molar-refractivity contribution in [3.8, 4) is 10.6 Å².